The summed E-state index contributed by atoms with van der Waals surface area (Å²) in [4.78, 5) is 50.2. The molecule has 7 nitrogen and oxygen atoms in total. The van der Waals surface area contributed by atoms with Gasteiger partial charge in [0.2, 0.25) is 17.6 Å². The van der Waals surface area contributed by atoms with Gasteiger partial charge in [0.05, 0.1) is 11.8 Å². The molecule has 0 aromatic carbocycles. The fourth-order valence-electron chi connectivity index (χ4n) is 3.99. The molecule has 1 saturated heterocycles. The van der Waals surface area contributed by atoms with Crippen LogP contribution < -0.4 is 0 Å². The standard InChI is InChI=1S/C20H24N2O5/c1-4-21-12(2)9-16(13(21)3)17(23)11-27-18(24)10-22-19(25)14-7-5-6-8-15(14)20(22)26/h5-6,9,14-15H,4,7-8,10-11H2,1-3H3/t14-,15+. The average molecular weight is 372 g/mol. The number of allylic oxidation sites excluding steroid dienone is 2. The molecule has 2 heterocycles. The minimum Gasteiger partial charge on any atom is -0.456 e. The normalized spacial score (nSPS) is 21.5. The number of esters is 1. The molecule has 0 unspecified atom stereocenters. The maximum Gasteiger partial charge on any atom is 0.326 e. The van der Waals surface area contributed by atoms with Crippen molar-refractivity contribution in [3.8, 4) is 0 Å². The zero-order valence-electron chi connectivity index (χ0n) is 15.9. The maximum atomic E-state index is 12.4. The first-order valence-corrected chi connectivity index (χ1v) is 9.20. The molecular formula is C20H24N2O5. The minimum absolute atomic E-state index is 0.298. The van der Waals surface area contributed by atoms with E-state index in [4.69, 9.17) is 4.74 Å². The van der Waals surface area contributed by atoms with Crippen LogP contribution in [0.25, 0.3) is 0 Å². The molecule has 144 valence electrons. The largest absolute Gasteiger partial charge is 0.456 e. The predicted octanol–water partition coefficient (Wildman–Crippen LogP) is 1.80. The lowest BCUT2D eigenvalue weighted by Gasteiger charge is -2.14. The lowest BCUT2D eigenvalue weighted by atomic mass is 9.85. The number of aryl methyl sites for hydroxylation is 1. The Morgan fingerprint density at radius 3 is 2.22 bits per heavy atom. The Bertz CT molecular complexity index is 810. The van der Waals surface area contributed by atoms with Gasteiger partial charge in [0.1, 0.15) is 6.54 Å². The molecule has 3 rings (SSSR count). The number of Topliss-reactive ketones (excluding diaryl/α,β-unsaturated/α-hetero) is 1. The number of hydrogen-bond donors (Lipinski definition) is 0. The third-order valence-electron chi connectivity index (χ3n) is 5.44. The number of nitrogens with zero attached hydrogens (tertiary/aromatic N) is 2. The number of aromatic nitrogens is 1. The number of ether oxygens (including phenoxy) is 1. The molecule has 1 aliphatic heterocycles. The summed E-state index contributed by atoms with van der Waals surface area (Å²) in [6.45, 7) is 5.66. The van der Waals surface area contributed by atoms with Gasteiger partial charge in [-0.25, -0.2) is 0 Å². The number of carbonyl (C=O) groups is 4. The minimum atomic E-state index is -0.749. The van der Waals surface area contributed by atoms with Crippen LogP contribution in [0, 0.1) is 25.7 Å². The summed E-state index contributed by atoms with van der Waals surface area (Å²) in [6, 6.07) is 1.78. The molecule has 0 bridgehead atoms. The van der Waals surface area contributed by atoms with E-state index in [1.54, 1.807) is 6.07 Å². The highest BCUT2D eigenvalue weighted by Gasteiger charge is 2.47. The summed E-state index contributed by atoms with van der Waals surface area (Å²) in [6.07, 6.45) is 4.82. The summed E-state index contributed by atoms with van der Waals surface area (Å²) in [5.74, 6) is -2.46. The van der Waals surface area contributed by atoms with Gasteiger partial charge in [-0.3, -0.25) is 24.1 Å². The Balaban J connectivity index is 1.58. The first-order valence-electron chi connectivity index (χ1n) is 9.20. The van der Waals surface area contributed by atoms with Gasteiger partial charge in [-0.1, -0.05) is 12.2 Å². The van der Waals surface area contributed by atoms with Crippen molar-refractivity contribution in [3.05, 3.63) is 35.2 Å². The molecule has 1 fully saturated rings. The Morgan fingerprint density at radius 2 is 1.70 bits per heavy atom. The van der Waals surface area contributed by atoms with Gasteiger partial charge >= 0.3 is 5.97 Å². The van der Waals surface area contributed by atoms with Crippen molar-refractivity contribution in [2.45, 2.75) is 40.2 Å². The molecule has 0 saturated carbocycles. The third kappa shape index (κ3) is 3.46. The van der Waals surface area contributed by atoms with E-state index in [1.807, 2.05) is 37.5 Å². The zero-order valence-corrected chi connectivity index (χ0v) is 15.9. The molecule has 0 N–H and O–H groups in total. The van der Waals surface area contributed by atoms with E-state index in [2.05, 4.69) is 0 Å². The van der Waals surface area contributed by atoms with E-state index in [0.717, 1.165) is 22.8 Å². The summed E-state index contributed by atoms with van der Waals surface area (Å²) in [7, 11) is 0. The molecule has 7 heteroatoms. The number of ketones is 1. The smallest absolute Gasteiger partial charge is 0.326 e. The predicted molar refractivity (Wildman–Crippen MR) is 96.9 cm³/mol. The van der Waals surface area contributed by atoms with Gasteiger partial charge in [0.15, 0.2) is 6.61 Å². The van der Waals surface area contributed by atoms with Crippen molar-refractivity contribution in [2.24, 2.45) is 11.8 Å². The highest BCUT2D eigenvalue weighted by molar-refractivity contribution is 6.07. The number of carbonyl (C=O) groups excluding carboxylic acids is 4. The number of likely N-dealkylation sites (tertiary alicyclic amines) is 1. The average Bonchev–Trinajstić information content (AvgIpc) is 3.08. The summed E-state index contributed by atoms with van der Waals surface area (Å²) in [5, 5.41) is 0. The number of rotatable bonds is 6. The van der Waals surface area contributed by atoms with E-state index in [0.29, 0.717) is 18.4 Å². The van der Waals surface area contributed by atoms with E-state index < -0.39 is 19.1 Å². The number of fused-ring (bicyclic) bond motifs is 1. The summed E-state index contributed by atoms with van der Waals surface area (Å²) >= 11 is 0. The Hall–Kier alpha value is -2.70. The molecule has 0 radical (unpaired) electrons. The number of imide groups is 1. The van der Waals surface area contributed by atoms with Gasteiger partial charge in [-0.15, -0.1) is 0 Å². The van der Waals surface area contributed by atoms with Crippen LogP contribution in [0.3, 0.4) is 0 Å². The second kappa shape index (κ2) is 7.50. The molecule has 2 atom stereocenters. The lowest BCUT2D eigenvalue weighted by Crippen LogP contribution is -2.37. The fraction of sp³-hybridized carbons (Fsp3) is 0.500. The SMILES string of the molecule is CCn1c(C)cc(C(=O)COC(=O)CN2C(=O)[C@H]3CC=CC[C@H]3C2=O)c1C. The van der Waals surface area contributed by atoms with Gasteiger partial charge in [-0.05, 0) is 39.7 Å². The van der Waals surface area contributed by atoms with Crippen LogP contribution in [0.1, 0.15) is 41.5 Å². The van der Waals surface area contributed by atoms with Crippen molar-refractivity contribution in [2.75, 3.05) is 13.2 Å². The van der Waals surface area contributed by atoms with E-state index in [1.165, 1.54) is 0 Å². The molecule has 1 aliphatic carbocycles. The van der Waals surface area contributed by atoms with Gasteiger partial charge in [-0.2, -0.15) is 0 Å². The van der Waals surface area contributed by atoms with Crippen molar-refractivity contribution >= 4 is 23.6 Å². The Morgan fingerprint density at radius 1 is 1.11 bits per heavy atom. The lowest BCUT2D eigenvalue weighted by molar-refractivity contribution is -0.152. The van der Waals surface area contributed by atoms with Crippen LogP contribution in [0.4, 0.5) is 0 Å². The number of hydrogen-bond acceptors (Lipinski definition) is 5. The van der Waals surface area contributed by atoms with Gasteiger partial charge < -0.3 is 9.30 Å². The fourth-order valence-corrected chi connectivity index (χ4v) is 3.99. The van der Waals surface area contributed by atoms with Crippen LogP contribution in [0.15, 0.2) is 18.2 Å². The Labute approximate surface area is 158 Å². The molecule has 1 aromatic heterocycles. The summed E-state index contributed by atoms with van der Waals surface area (Å²) < 4.78 is 7.05. The molecule has 2 aliphatic rings. The second-order valence-corrected chi connectivity index (χ2v) is 7.03. The third-order valence-corrected chi connectivity index (χ3v) is 5.44. The van der Waals surface area contributed by atoms with Crippen LogP contribution in [-0.4, -0.2) is 46.2 Å². The maximum absolute atomic E-state index is 12.4. The highest BCUT2D eigenvalue weighted by atomic mass is 16.5. The monoisotopic (exact) mass is 372 g/mol. The summed E-state index contributed by atoms with van der Waals surface area (Å²) in [5.41, 5.74) is 2.32. The van der Waals surface area contributed by atoms with E-state index >= 15 is 0 Å². The topological polar surface area (TPSA) is 85.7 Å². The van der Waals surface area contributed by atoms with Crippen molar-refractivity contribution in [3.63, 3.8) is 0 Å². The van der Waals surface area contributed by atoms with Crippen LogP contribution in [0.2, 0.25) is 0 Å². The van der Waals surface area contributed by atoms with Crippen molar-refractivity contribution < 1.29 is 23.9 Å². The van der Waals surface area contributed by atoms with Crippen LogP contribution in [0.5, 0.6) is 0 Å². The molecule has 2 amide bonds. The first kappa shape index (κ1) is 19.1. The molecule has 1 aromatic rings. The van der Waals surface area contributed by atoms with E-state index in [-0.39, 0.29) is 29.4 Å². The second-order valence-electron chi connectivity index (χ2n) is 7.03. The quantitative estimate of drug-likeness (QED) is 0.329. The van der Waals surface area contributed by atoms with Gasteiger partial charge in [0, 0.05) is 23.5 Å². The molecule has 27 heavy (non-hydrogen) atoms. The highest BCUT2D eigenvalue weighted by Crippen LogP contribution is 2.34. The van der Waals surface area contributed by atoms with E-state index in [9.17, 15) is 19.2 Å². The van der Waals surface area contributed by atoms with Crippen LogP contribution in [-0.2, 0) is 25.7 Å². The molecular weight excluding hydrogens is 348 g/mol. The van der Waals surface area contributed by atoms with Crippen LogP contribution >= 0.6 is 0 Å². The van der Waals surface area contributed by atoms with Crippen molar-refractivity contribution in [1.82, 2.24) is 9.47 Å². The number of amides is 2. The molecule has 0 spiro atoms. The zero-order chi connectivity index (χ0) is 19.7. The Kier molecular flexibility index (Phi) is 5.30. The van der Waals surface area contributed by atoms with Crippen molar-refractivity contribution in [1.29, 1.82) is 0 Å². The van der Waals surface area contributed by atoms with Gasteiger partial charge in [0.25, 0.3) is 0 Å². The first-order chi connectivity index (χ1) is 12.8.